The molecule has 0 aliphatic carbocycles. The Hall–Kier alpha value is -2.54. The maximum absolute atomic E-state index is 13.4. The molecule has 0 radical (unpaired) electrons. The van der Waals surface area contributed by atoms with Crippen LogP contribution in [0.5, 0.6) is 0 Å². The Morgan fingerprint density at radius 3 is 2.46 bits per heavy atom. The number of nitrogens with zero attached hydrogens (tertiary/aromatic N) is 1. The van der Waals surface area contributed by atoms with E-state index >= 15 is 0 Å². The minimum absolute atomic E-state index is 0.214. The number of halogens is 3. The number of rotatable bonds is 6. The first kappa shape index (κ1) is 19.8. The number of guanidine groups is 1. The summed E-state index contributed by atoms with van der Waals surface area (Å²) in [4.78, 5) is 4.42. The van der Waals surface area contributed by atoms with Crippen LogP contribution in [0.3, 0.4) is 0 Å². The van der Waals surface area contributed by atoms with E-state index in [0.29, 0.717) is 18.1 Å². The predicted octanol–water partition coefficient (Wildman–Crippen LogP) is 3.41. The largest absolute Gasteiger partial charge is 0.392 e. The van der Waals surface area contributed by atoms with E-state index in [0.717, 1.165) is 17.7 Å². The van der Waals surface area contributed by atoms with Gasteiger partial charge in [-0.2, -0.15) is 0 Å². The molecule has 0 heterocycles. The van der Waals surface area contributed by atoms with Crippen molar-refractivity contribution in [1.82, 2.24) is 10.6 Å². The molecule has 2 rings (SSSR count). The smallest absolute Gasteiger partial charge is 0.192 e. The number of nitrogens with one attached hydrogen (secondary N) is 2. The molecule has 2 aromatic carbocycles. The second-order valence-corrected chi connectivity index (χ2v) is 5.82. The van der Waals surface area contributed by atoms with Crippen LogP contribution >= 0.6 is 0 Å². The average molecular weight is 365 g/mol. The SMILES string of the molecule is CCNC(=NCc1ccc(F)c(CO)c1)NC(C)c1ccc(F)c(F)c1. The van der Waals surface area contributed by atoms with Crippen LogP contribution in [0.15, 0.2) is 41.4 Å². The third-order valence-electron chi connectivity index (χ3n) is 3.84. The molecule has 7 heteroatoms. The summed E-state index contributed by atoms with van der Waals surface area (Å²) >= 11 is 0. The lowest BCUT2D eigenvalue weighted by atomic mass is 10.1. The molecule has 1 atom stereocenters. The van der Waals surface area contributed by atoms with E-state index in [4.69, 9.17) is 5.11 Å². The summed E-state index contributed by atoms with van der Waals surface area (Å²) in [5.41, 5.74) is 1.54. The predicted molar refractivity (Wildman–Crippen MR) is 95.0 cm³/mol. The van der Waals surface area contributed by atoms with Crippen molar-refractivity contribution in [3.05, 3.63) is 70.5 Å². The molecule has 0 aliphatic heterocycles. The minimum atomic E-state index is -0.902. The van der Waals surface area contributed by atoms with Gasteiger partial charge >= 0.3 is 0 Å². The zero-order chi connectivity index (χ0) is 19.1. The van der Waals surface area contributed by atoms with Crippen LogP contribution in [0.1, 0.15) is 36.6 Å². The number of aliphatic hydroxyl groups is 1. The molecule has 0 aromatic heterocycles. The monoisotopic (exact) mass is 365 g/mol. The molecule has 0 spiro atoms. The highest BCUT2D eigenvalue weighted by Crippen LogP contribution is 2.16. The van der Waals surface area contributed by atoms with Gasteiger partial charge in [0.25, 0.3) is 0 Å². The first-order valence-corrected chi connectivity index (χ1v) is 8.32. The fraction of sp³-hybridized carbons (Fsp3) is 0.316. The van der Waals surface area contributed by atoms with E-state index in [1.165, 1.54) is 12.1 Å². The maximum Gasteiger partial charge on any atom is 0.192 e. The lowest BCUT2D eigenvalue weighted by Crippen LogP contribution is -2.38. The van der Waals surface area contributed by atoms with E-state index in [1.807, 2.05) is 6.92 Å². The number of aliphatic imine (C=N–C) groups is 1. The third kappa shape index (κ3) is 5.23. The van der Waals surface area contributed by atoms with E-state index < -0.39 is 17.5 Å². The summed E-state index contributed by atoms with van der Waals surface area (Å²) in [5, 5.41) is 15.3. The van der Waals surface area contributed by atoms with Crippen molar-refractivity contribution in [2.75, 3.05) is 6.54 Å². The molecule has 0 bridgehead atoms. The van der Waals surface area contributed by atoms with Crippen LogP contribution in [0.2, 0.25) is 0 Å². The average Bonchev–Trinajstić information content (AvgIpc) is 2.63. The summed E-state index contributed by atoms with van der Waals surface area (Å²) in [7, 11) is 0. The van der Waals surface area contributed by atoms with Gasteiger partial charge in [-0.25, -0.2) is 18.2 Å². The fourth-order valence-corrected chi connectivity index (χ4v) is 2.41. The lowest BCUT2D eigenvalue weighted by molar-refractivity contribution is 0.275. The number of benzene rings is 2. The first-order chi connectivity index (χ1) is 12.4. The molecule has 1 unspecified atom stereocenters. The van der Waals surface area contributed by atoms with Crippen molar-refractivity contribution in [2.45, 2.75) is 33.0 Å². The second-order valence-electron chi connectivity index (χ2n) is 5.82. The third-order valence-corrected chi connectivity index (χ3v) is 3.84. The van der Waals surface area contributed by atoms with Gasteiger partial charge in [-0.3, -0.25) is 0 Å². The molecule has 140 valence electrons. The number of hydrogen-bond acceptors (Lipinski definition) is 2. The Morgan fingerprint density at radius 1 is 1.08 bits per heavy atom. The number of aliphatic hydroxyl groups excluding tert-OH is 1. The minimum Gasteiger partial charge on any atom is -0.392 e. The standard InChI is InChI=1S/C19H22F3N3O/c1-3-23-19(24-10-13-4-6-16(20)15(8-13)11-26)25-12(2)14-5-7-17(21)18(22)9-14/h4-9,12,26H,3,10-11H2,1-2H3,(H2,23,24,25). The Labute approximate surface area is 150 Å². The fourth-order valence-electron chi connectivity index (χ4n) is 2.41. The highest BCUT2D eigenvalue weighted by molar-refractivity contribution is 5.80. The van der Waals surface area contributed by atoms with Gasteiger partial charge in [0.05, 0.1) is 19.2 Å². The van der Waals surface area contributed by atoms with Gasteiger partial charge in [-0.1, -0.05) is 12.1 Å². The van der Waals surface area contributed by atoms with Gasteiger partial charge in [0.15, 0.2) is 17.6 Å². The van der Waals surface area contributed by atoms with Crippen LogP contribution < -0.4 is 10.6 Å². The quantitative estimate of drug-likeness (QED) is 0.543. The topological polar surface area (TPSA) is 56.7 Å². The van der Waals surface area contributed by atoms with Crippen LogP contribution in [0, 0.1) is 17.5 Å². The maximum atomic E-state index is 13.4. The van der Waals surface area contributed by atoms with Crippen molar-refractivity contribution in [2.24, 2.45) is 4.99 Å². The second kappa shape index (κ2) is 9.24. The van der Waals surface area contributed by atoms with Crippen LogP contribution in [0.4, 0.5) is 13.2 Å². The summed E-state index contributed by atoms with van der Waals surface area (Å²) in [6.45, 7) is 4.21. The normalized spacial score (nSPS) is 12.8. The van der Waals surface area contributed by atoms with Crippen molar-refractivity contribution < 1.29 is 18.3 Å². The van der Waals surface area contributed by atoms with Crippen LogP contribution in [-0.2, 0) is 13.2 Å². The highest BCUT2D eigenvalue weighted by atomic mass is 19.2. The van der Waals surface area contributed by atoms with E-state index in [-0.39, 0.29) is 24.8 Å². The Kier molecular flexibility index (Phi) is 7.03. The Bertz CT molecular complexity index is 781. The van der Waals surface area contributed by atoms with Crippen molar-refractivity contribution >= 4 is 5.96 Å². The van der Waals surface area contributed by atoms with E-state index in [9.17, 15) is 13.2 Å². The van der Waals surface area contributed by atoms with Gasteiger partial charge in [0.2, 0.25) is 0 Å². The first-order valence-electron chi connectivity index (χ1n) is 8.32. The van der Waals surface area contributed by atoms with Crippen LogP contribution in [0.25, 0.3) is 0 Å². The van der Waals surface area contributed by atoms with Crippen LogP contribution in [-0.4, -0.2) is 17.6 Å². The molecule has 3 N–H and O–H groups in total. The molecule has 0 aliphatic rings. The Morgan fingerprint density at radius 2 is 1.81 bits per heavy atom. The van der Waals surface area contributed by atoms with Crippen molar-refractivity contribution in [1.29, 1.82) is 0 Å². The molecule has 26 heavy (non-hydrogen) atoms. The zero-order valence-electron chi connectivity index (χ0n) is 14.7. The molecule has 0 saturated carbocycles. The van der Waals surface area contributed by atoms with Gasteiger partial charge in [0.1, 0.15) is 5.82 Å². The van der Waals surface area contributed by atoms with E-state index in [1.54, 1.807) is 19.1 Å². The van der Waals surface area contributed by atoms with E-state index in [2.05, 4.69) is 15.6 Å². The summed E-state index contributed by atoms with van der Waals surface area (Å²) in [5.74, 6) is -1.77. The molecular formula is C19H22F3N3O. The summed E-state index contributed by atoms with van der Waals surface area (Å²) in [6, 6.07) is 7.88. The number of hydrogen-bond donors (Lipinski definition) is 3. The van der Waals surface area contributed by atoms with Gasteiger partial charge in [-0.05, 0) is 49.2 Å². The molecule has 0 fully saturated rings. The summed E-state index contributed by atoms with van der Waals surface area (Å²) in [6.07, 6.45) is 0. The Balaban J connectivity index is 2.11. The highest BCUT2D eigenvalue weighted by Gasteiger charge is 2.11. The van der Waals surface area contributed by atoms with Crippen molar-refractivity contribution in [3.63, 3.8) is 0 Å². The van der Waals surface area contributed by atoms with Gasteiger partial charge in [0, 0.05) is 12.1 Å². The van der Waals surface area contributed by atoms with Gasteiger partial charge < -0.3 is 15.7 Å². The zero-order valence-corrected chi connectivity index (χ0v) is 14.7. The molecule has 4 nitrogen and oxygen atoms in total. The summed E-state index contributed by atoms with van der Waals surface area (Å²) < 4.78 is 39.9. The molecule has 0 amide bonds. The van der Waals surface area contributed by atoms with Crippen molar-refractivity contribution in [3.8, 4) is 0 Å². The lowest BCUT2D eigenvalue weighted by Gasteiger charge is -2.18. The van der Waals surface area contributed by atoms with Gasteiger partial charge in [-0.15, -0.1) is 0 Å². The molecule has 0 saturated heterocycles. The molecular weight excluding hydrogens is 343 g/mol. The molecule has 2 aromatic rings.